The molecule has 1 saturated heterocycles. The van der Waals surface area contributed by atoms with Crippen molar-refractivity contribution in [2.45, 2.75) is 27.3 Å². The summed E-state index contributed by atoms with van der Waals surface area (Å²) in [6.07, 6.45) is 0. The van der Waals surface area contributed by atoms with Gasteiger partial charge in [-0.25, -0.2) is 4.79 Å². The highest BCUT2D eigenvalue weighted by Crippen LogP contribution is 2.19. The van der Waals surface area contributed by atoms with Crippen LogP contribution in [0.4, 0.5) is 10.5 Å². The second-order valence-electron chi connectivity index (χ2n) is 8.26. The number of carbonyl (C=O) groups excluding carboxylic acids is 2. The molecule has 0 bridgehead atoms. The second kappa shape index (κ2) is 9.26. The van der Waals surface area contributed by atoms with Gasteiger partial charge < -0.3 is 15.1 Å². The molecule has 7 nitrogen and oxygen atoms in total. The molecule has 0 saturated carbocycles. The molecular weight excluding hydrogens is 402 g/mol. The molecule has 2 heterocycles. The van der Waals surface area contributed by atoms with Crippen molar-refractivity contribution in [3.63, 3.8) is 0 Å². The van der Waals surface area contributed by atoms with Crippen molar-refractivity contribution in [1.29, 1.82) is 0 Å². The molecule has 0 radical (unpaired) electrons. The molecule has 1 aliphatic rings. The Kier molecular flexibility index (Phi) is 6.25. The van der Waals surface area contributed by atoms with Crippen molar-refractivity contribution < 1.29 is 9.59 Å². The zero-order chi connectivity index (χ0) is 22.7. The number of aryl methyl sites for hydroxylation is 2. The molecule has 0 atom stereocenters. The summed E-state index contributed by atoms with van der Waals surface area (Å²) in [5.41, 5.74) is 5.41. The fourth-order valence-electron chi connectivity index (χ4n) is 4.02. The molecule has 3 amide bonds. The Morgan fingerprint density at radius 2 is 1.50 bits per heavy atom. The van der Waals surface area contributed by atoms with Crippen molar-refractivity contribution in [3.8, 4) is 0 Å². The molecule has 0 spiro atoms. The van der Waals surface area contributed by atoms with E-state index in [1.807, 2.05) is 53.8 Å². The highest BCUT2D eigenvalue weighted by molar-refractivity contribution is 5.96. The van der Waals surface area contributed by atoms with Gasteiger partial charge in [0.15, 0.2) is 0 Å². The summed E-state index contributed by atoms with van der Waals surface area (Å²) >= 11 is 0. The lowest BCUT2D eigenvalue weighted by molar-refractivity contribution is 0.0670. The summed E-state index contributed by atoms with van der Waals surface area (Å²) in [6, 6.07) is 17.6. The summed E-state index contributed by atoms with van der Waals surface area (Å²) in [4.78, 5) is 29.4. The average molecular weight is 432 g/mol. The van der Waals surface area contributed by atoms with Crippen LogP contribution < -0.4 is 5.32 Å². The first-order valence-corrected chi connectivity index (χ1v) is 10.9. The maximum Gasteiger partial charge on any atom is 0.321 e. The van der Waals surface area contributed by atoms with Crippen LogP contribution >= 0.6 is 0 Å². The number of nitrogens with one attached hydrogen (secondary N) is 1. The van der Waals surface area contributed by atoms with Crippen LogP contribution in [-0.2, 0) is 6.54 Å². The monoisotopic (exact) mass is 431 g/mol. The van der Waals surface area contributed by atoms with E-state index >= 15 is 0 Å². The Labute approximate surface area is 188 Å². The molecule has 1 fully saturated rings. The average Bonchev–Trinajstić information content (AvgIpc) is 3.08. The molecule has 4 rings (SSSR count). The van der Waals surface area contributed by atoms with Crippen LogP contribution in [0.3, 0.4) is 0 Å². The van der Waals surface area contributed by atoms with Crippen molar-refractivity contribution in [2.24, 2.45) is 0 Å². The largest absolute Gasteiger partial charge is 0.335 e. The quantitative estimate of drug-likeness (QED) is 0.682. The number of piperazine rings is 1. The number of hydrogen-bond acceptors (Lipinski definition) is 3. The third-order valence-corrected chi connectivity index (χ3v) is 5.93. The predicted molar refractivity (Wildman–Crippen MR) is 125 cm³/mol. The molecule has 32 heavy (non-hydrogen) atoms. The fourth-order valence-corrected chi connectivity index (χ4v) is 4.02. The van der Waals surface area contributed by atoms with Gasteiger partial charge in [-0.1, -0.05) is 48.0 Å². The number of urea groups is 1. The minimum Gasteiger partial charge on any atom is -0.335 e. The number of nitrogens with zero attached hydrogens (tertiary/aromatic N) is 4. The van der Waals surface area contributed by atoms with E-state index in [0.717, 1.165) is 22.6 Å². The summed E-state index contributed by atoms with van der Waals surface area (Å²) in [5, 5.41) is 7.53. The molecule has 2 aromatic carbocycles. The van der Waals surface area contributed by atoms with Gasteiger partial charge in [0, 0.05) is 37.6 Å². The lowest BCUT2D eigenvalue weighted by Crippen LogP contribution is -2.51. The highest BCUT2D eigenvalue weighted by atomic mass is 16.2. The first-order valence-electron chi connectivity index (χ1n) is 10.9. The van der Waals surface area contributed by atoms with Gasteiger partial charge in [0.1, 0.15) is 0 Å². The van der Waals surface area contributed by atoms with E-state index in [4.69, 9.17) is 0 Å². The van der Waals surface area contributed by atoms with Crippen LogP contribution in [0, 0.1) is 20.8 Å². The maximum absolute atomic E-state index is 13.3. The van der Waals surface area contributed by atoms with Crippen molar-refractivity contribution in [3.05, 3.63) is 82.7 Å². The summed E-state index contributed by atoms with van der Waals surface area (Å²) in [5.74, 6) is -0.0155. The third kappa shape index (κ3) is 4.66. The van der Waals surface area contributed by atoms with E-state index in [-0.39, 0.29) is 11.9 Å². The van der Waals surface area contributed by atoms with Crippen molar-refractivity contribution in [2.75, 3.05) is 31.5 Å². The highest BCUT2D eigenvalue weighted by Gasteiger charge is 2.28. The standard InChI is InChI=1S/C25H29N5O2/c1-18-9-11-21(12-10-18)17-30-20(3)23(19(2)27-30)24(31)28-13-15-29(16-14-28)25(32)26-22-7-5-4-6-8-22/h4-12H,13-17H2,1-3H3,(H,26,32). The Balaban J connectivity index is 1.39. The number of para-hydroxylation sites is 1. The van der Waals surface area contributed by atoms with E-state index in [2.05, 4.69) is 41.6 Å². The molecule has 166 valence electrons. The number of anilines is 1. The summed E-state index contributed by atoms with van der Waals surface area (Å²) < 4.78 is 1.90. The van der Waals surface area contributed by atoms with Crippen LogP contribution in [-0.4, -0.2) is 57.7 Å². The number of amides is 3. The number of rotatable bonds is 4. The Morgan fingerprint density at radius 1 is 0.875 bits per heavy atom. The summed E-state index contributed by atoms with van der Waals surface area (Å²) in [6.45, 7) is 8.54. The van der Waals surface area contributed by atoms with Crippen LogP contribution in [0.25, 0.3) is 0 Å². The Bertz CT molecular complexity index is 1100. The fraction of sp³-hybridized carbons (Fsp3) is 0.320. The van der Waals surface area contributed by atoms with Gasteiger partial charge in [-0.3, -0.25) is 9.48 Å². The van der Waals surface area contributed by atoms with Gasteiger partial charge in [-0.2, -0.15) is 5.10 Å². The van der Waals surface area contributed by atoms with Gasteiger partial charge >= 0.3 is 6.03 Å². The SMILES string of the molecule is Cc1ccc(Cn2nc(C)c(C(=O)N3CCN(C(=O)Nc4ccccc4)CC3)c2C)cc1. The molecule has 1 aliphatic heterocycles. The molecule has 1 aromatic heterocycles. The van der Waals surface area contributed by atoms with Crippen molar-refractivity contribution >= 4 is 17.6 Å². The Morgan fingerprint density at radius 3 is 2.16 bits per heavy atom. The molecule has 0 unspecified atom stereocenters. The third-order valence-electron chi connectivity index (χ3n) is 5.93. The van der Waals surface area contributed by atoms with E-state index in [9.17, 15) is 9.59 Å². The van der Waals surface area contributed by atoms with Gasteiger partial charge in [0.25, 0.3) is 5.91 Å². The normalized spacial score (nSPS) is 13.8. The topological polar surface area (TPSA) is 70.5 Å². The van der Waals surface area contributed by atoms with Gasteiger partial charge in [0.05, 0.1) is 17.8 Å². The van der Waals surface area contributed by atoms with E-state index in [1.165, 1.54) is 5.56 Å². The van der Waals surface area contributed by atoms with Gasteiger partial charge in [-0.05, 0) is 38.5 Å². The first-order chi connectivity index (χ1) is 15.4. The minimum absolute atomic E-state index is 0.0155. The zero-order valence-electron chi connectivity index (χ0n) is 18.8. The van der Waals surface area contributed by atoms with Gasteiger partial charge in [0.2, 0.25) is 0 Å². The predicted octanol–water partition coefficient (Wildman–Crippen LogP) is 3.85. The van der Waals surface area contributed by atoms with Crippen molar-refractivity contribution in [1.82, 2.24) is 19.6 Å². The first kappa shape index (κ1) is 21.6. The van der Waals surface area contributed by atoms with E-state index in [0.29, 0.717) is 38.3 Å². The lowest BCUT2D eigenvalue weighted by atomic mass is 10.1. The lowest BCUT2D eigenvalue weighted by Gasteiger charge is -2.34. The molecule has 0 aliphatic carbocycles. The van der Waals surface area contributed by atoms with Crippen LogP contribution in [0.5, 0.6) is 0 Å². The number of aromatic nitrogens is 2. The minimum atomic E-state index is -0.137. The summed E-state index contributed by atoms with van der Waals surface area (Å²) in [7, 11) is 0. The smallest absolute Gasteiger partial charge is 0.321 e. The molecule has 1 N–H and O–H groups in total. The zero-order valence-corrected chi connectivity index (χ0v) is 18.8. The van der Waals surface area contributed by atoms with Gasteiger partial charge in [-0.15, -0.1) is 0 Å². The second-order valence-corrected chi connectivity index (χ2v) is 8.26. The molecule has 7 heteroatoms. The molecular formula is C25H29N5O2. The van der Waals surface area contributed by atoms with Crippen LogP contribution in [0.2, 0.25) is 0 Å². The maximum atomic E-state index is 13.3. The van der Waals surface area contributed by atoms with E-state index < -0.39 is 0 Å². The van der Waals surface area contributed by atoms with E-state index in [1.54, 1.807) is 4.90 Å². The number of benzene rings is 2. The van der Waals surface area contributed by atoms with Crippen LogP contribution in [0.1, 0.15) is 32.9 Å². The molecule has 3 aromatic rings. The number of hydrogen-bond donors (Lipinski definition) is 1. The number of carbonyl (C=O) groups is 2. The van der Waals surface area contributed by atoms with Crippen LogP contribution in [0.15, 0.2) is 54.6 Å². The Hall–Kier alpha value is -3.61.